The molecular weight excluding hydrogens is 362 g/mol. The fourth-order valence-corrected chi connectivity index (χ4v) is 3.43. The van der Waals surface area contributed by atoms with E-state index in [1.807, 2.05) is 36.4 Å². The number of anilines is 1. The Morgan fingerprint density at radius 2 is 1.85 bits per heavy atom. The number of nitriles is 1. The van der Waals surface area contributed by atoms with Crippen LogP contribution in [0.1, 0.15) is 15.4 Å². The van der Waals surface area contributed by atoms with Crippen LogP contribution in [-0.2, 0) is 6.54 Å². The molecule has 2 heterocycles. The Labute approximate surface area is 158 Å². The second kappa shape index (κ2) is 7.31. The molecule has 0 atom stereocenters. The summed E-state index contributed by atoms with van der Waals surface area (Å²) >= 11 is 1.25. The largest absolute Gasteiger partial charge is 0.269 e. The molecule has 0 bridgehead atoms. The summed E-state index contributed by atoms with van der Waals surface area (Å²) in [5.41, 5.74) is 2.18. The molecule has 4 aromatic rings. The number of aromatic nitrogens is 5. The molecule has 0 aliphatic heterocycles. The average Bonchev–Trinajstić information content (AvgIpc) is 3.34. The Hall–Kier alpha value is -3.64. The van der Waals surface area contributed by atoms with Crippen LogP contribution in [0, 0.1) is 11.3 Å². The van der Waals surface area contributed by atoms with Crippen molar-refractivity contribution in [2.75, 3.05) is 11.4 Å². The van der Waals surface area contributed by atoms with Gasteiger partial charge in [0.1, 0.15) is 17.1 Å². The second-order valence-corrected chi connectivity index (χ2v) is 6.67. The summed E-state index contributed by atoms with van der Waals surface area (Å²) in [5.74, 6) is -0.286. The number of rotatable bonds is 5. The summed E-state index contributed by atoms with van der Waals surface area (Å²) in [6, 6.07) is 18.4. The van der Waals surface area contributed by atoms with Gasteiger partial charge in [0, 0.05) is 5.56 Å². The number of carbonyl (C=O) groups excluding carboxylic acids is 1. The van der Waals surface area contributed by atoms with Crippen LogP contribution in [0.15, 0.2) is 54.6 Å². The number of hydrogen-bond donors (Lipinski definition) is 0. The van der Waals surface area contributed by atoms with Gasteiger partial charge in [0.05, 0.1) is 18.1 Å². The van der Waals surface area contributed by atoms with Gasteiger partial charge in [-0.1, -0.05) is 46.9 Å². The van der Waals surface area contributed by atoms with Crippen LogP contribution in [0.25, 0.3) is 11.0 Å². The van der Waals surface area contributed by atoms with E-state index in [2.05, 4.69) is 20.5 Å². The van der Waals surface area contributed by atoms with Crippen molar-refractivity contribution in [1.29, 1.82) is 5.26 Å². The maximum Gasteiger partial charge on any atom is 0.261 e. The van der Waals surface area contributed by atoms with Gasteiger partial charge in [-0.25, -0.2) is 4.68 Å². The summed E-state index contributed by atoms with van der Waals surface area (Å²) in [5, 5.41) is 26.7. The number of nitrogens with zero attached hydrogens (tertiary/aromatic N) is 7. The molecule has 9 heteroatoms. The first kappa shape index (κ1) is 16.8. The fourth-order valence-electron chi connectivity index (χ4n) is 2.61. The highest BCUT2D eigenvalue weighted by atomic mass is 32.1. The van der Waals surface area contributed by atoms with Crippen molar-refractivity contribution < 1.29 is 4.79 Å². The minimum Gasteiger partial charge on any atom is -0.269 e. The number of amides is 1. The maximum atomic E-state index is 12.7. The first-order valence-corrected chi connectivity index (χ1v) is 8.92. The highest BCUT2D eigenvalue weighted by molar-refractivity contribution is 7.15. The van der Waals surface area contributed by atoms with Crippen LogP contribution in [0.4, 0.5) is 5.13 Å². The lowest BCUT2D eigenvalue weighted by Gasteiger charge is -2.15. The molecule has 0 unspecified atom stereocenters. The van der Waals surface area contributed by atoms with E-state index in [9.17, 15) is 4.79 Å². The quantitative estimate of drug-likeness (QED) is 0.497. The van der Waals surface area contributed by atoms with Gasteiger partial charge in [-0.15, -0.1) is 15.3 Å². The summed E-state index contributed by atoms with van der Waals surface area (Å²) in [7, 11) is 0. The third-order valence-electron chi connectivity index (χ3n) is 3.89. The lowest BCUT2D eigenvalue weighted by Crippen LogP contribution is -2.31. The van der Waals surface area contributed by atoms with Crippen LogP contribution >= 0.6 is 11.3 Å². The normalized spacial score (nSPS) is 10.6. The lowest BCUT2D eigenvalue weighted by molar-refractivity contribution is 0.0990. The molecule has 0 saturated heterocycles. The van der Waals surface area contributed by atoms with Crippen LogP contribution in [-0.4, -0.2) is 37.6 Å². The molecule has 0 saturated carbocycles. The fraction of sp³-hybridized carbons (Fsp3) is 0.111. The van der Waals surface area contributed by atoms with Crippen molar-refractivity contribution in [2.45, 2.75) is 6.54 Å². The molecule has 0 fully saturated rings. The monoisotopic (exact) mass is 375 g/mol. The average molecular weight is 375 g/mol. The van der Waals surface area contributed by atoms with E-state index in [0.717, 1.165) is 11.0 Å². The van der Waals surface area contributed by atoms with E-state index in [1.54, 1.807) is 28.9 Å². The van der Waals surface area contributed by atoms with Crippen LogP contribution < -0.4 is 4.90 Å². The first-order chi connectivity index (χ1) is 13.3. The van der Waals surface area contributed by atoms with E-state index in [4.69, 9.17) is 5.26 Å². The Morgan fingerprint density at radius 1 is 1.07 bits per heavy atom. The molecule has 27 heavy (non-hydrogen) atoms. The van der Waals surface area contributed by atoms with E-state index in [0.29, 0.717) is 22.2 Å². The third kappa shape index (κ3) is 3.38. The van der Waals surface area contributed by atoms with Crippen molar-refractivity contribution in [3.63, 3.8) is 0 Å². The third-order valence-corrected chi connectivity index (χ3v) is 4.82. The van der Waals surface area contributed by atoms with E-state index in [-0.39, 0.29) is 12.5 Å². The van der Waals surface area contributed by atoms with Crippen molar-refractivity contribution in [3.8, 4) is 6.07 Å². The molecule has 0 aliphatic rings. The Balaban J connectivity index is 1.60. The van der Waals surface area contributed by atoms with Crippen LogP contribution in [0.5, 0.6) is 0 Å². The van der Waals surface area contributed by atoms with Crippen molar-refractivity contribution in [3.05, 3.63) is 65.2 Å². The zero-order chi connectivity index (χ0) is 18.6. The molecular formula is C18H13N7OS. The van der Waals surface area contributed by atoms with Gasteiger partial charge in [-0.3, -0.25) is 9.69 Å². The van der Waals surface area contributed by atoms with E-state index in [1.165, 1.54) is 16.2 Å². The van der Waals surface area contributed by atoms with Crippen LogP contribution in [0.3, 0.4) is 0 Å². The smallest absolute Gasteiger partial charge is 0.261 e. The molecule has 4 rings (SSSR count). The first-order valence-electron chi connectivity index (χ1n) is 8.11. The maximum absolute atomic E-state index is 12.7. The Morgan fingerprint density at radius 3 is 2.67 bits per heavy atom. The number of benzene rings is 2. The summed E-state index contributed by atoms with van der Waals surface area (Å²) in [6.45, 7) is 0.284. The van der Waals surface area contributed by atoms with E-state index >= 15 is 0 Å². The number of para-hydroxylation sites is 1. The molecule has 1 amide bonds. The number of hydrogen-bond acceptors (Lipinski definition) is 7. The Kier molecular flexibility index (Phi) is 4.55. The van der Waals surface area contributed by atoms with Gasteiger partial charge >= 0.3 is 0 Å². The molecule has 2 aromatic carbocycles. The van der Waals surface area contributed by atoms with Crippen molar-refractivity contribution in [2.24, 2.45) is 0 Å². The highest BCUT2D eigenvalue weighted by Gasteiger charge is 2.21. The molecule has 0 spiro atoms. The van der Waals surface area contributed by atoms with Crippen LogP contribution in [0.2, 0.25) is 0 Å². The lowest BCUT2D eigenvalue weighted by atomic mass is 10.2. The highest BCUT2D eigenvalue weighted by Crippen LogP contribution is 2.23. The SMILES string of the molecule is N#CCN(C(=O)c1ccccc1)c1nnc(Cn2nnc3ccccc32)s1. The predicted octanol–water partition coefficient (Wildman–Crippen LogP) is 2.50. The molecule has 0 aliphatic carbocycles. The zero-order valence-corrected chi connectivity index (χ0v) is 14.9. The van der Waals surface area contributed by atoms with Gasteiger partial charge in [0.2, 0.25) is 5.13 Å². The summed E-state index contributed by atoms with van der Waals surface area (Å²) in [6.07, 6.45) is 0. The molecule has 0 N–H and O–H groups in total. The minimum atomic E-state index is -0.286. The zero-order valence-electron chi connectivity index (χ0n) is 14.1. The number of carbonyl (C=O) groups is 1. The molecule has 0 radical (unpaired) electrons. The second-order valence-electron chi connectivity index (χ2n) is 5.63. The van der Waals surface area contributed by atoms with E-state index < -0.39 is 0 Å². The summed E-state index contributed by atoms with van der Waals surface area (Å²) in [4.78, 5) is 14.1. The minimum absolute atomic E-state index is 0.103. The molecule has 8 nitrogen and oxygen atoms in total. The van der Waals surface area contributed by atoms with Gasteiger partial charge < -0.3 is 0 Å². The molecule has 2 aromatic heterocycles. The standard InChI is InChI=1S/C18H13N7OS/c19-10-11-24(17(26)13-6-2-1-3-7-13)18-22-21-16(27-18)12-25-15-9-5-4-8-14(15)20-23-25/h1-9H,11-12H2. The number of fused-ring (bicyclic) bond motifs is 1. The van der Waals surface area contributed by atoms with Gasteiger partial charge in [-0.2, -0.15) is 5.26 Å². The topological polar surface area (TPSA) is 101 Å². The van der Waals surface area contributed by atoms with Gasteiger partial charge in [0.15, 0.2) is 0 Å². The Bertz CT molecular complexity index is 1130. The van der Waals surface area contributed by atoms with Gasteiger partial charge in [0.25, 0.3) is 5.91 Å². The van der Waals surface area contributed by atoms with Gasteiger partial charge in [-0.05, 0) is 24.3 Å². The predicted molar refractivity (Wildman–Crippen MR) is 100 cm³/mol. The summed E-state index contributed by atoms with van der Waals surface area (Å²) < 4.78 is 1.73. The van der Waals surface area contributed by atoms with Crippen molar-refractivity contribution >= 4 is 33.4 Å². The van der Waals surface area contributed by atoms with Crippen molar-refractivity contribution in [1.82, 2.24) is 25.2 Å². The molecule has 132 valence electrons.